The minimum absolute atomic E-state index is 0.0873. The van der Waals surface area contributed by atoms with E-state index in [1.165, 1.54) is 128 Å². The molecule has 80 heavy (non-hydrogen) atoms. The molecule has 0 amide bonds. The van der Waals surface area contributed by atoms with Crippen LogP contribution in [-0.4, -0.2) is 37.2 Å². The quantitative estimate of drug-likeness (QED) is 0.0261. The number of rotatable bonds is 60. The summed E-state index contributed by atoms with van der Waals surface area (Å²) in [6.07, 6.45) is 93.5. The van der Waals surface area contributed by atoms with Gasteiger partial charge in [-0.05, 0) is 116 Å². The first-order valence-electron chi connectivity index (χ1n) is 33.5. The summed E-state index contributed by atoms with van der Waals surface area (Å²) in [5, 5.41) is 0. The normalized spacial score (nSPS) is 12.9. The lowest BCUT2D eigenvalue weighted by molar-refractivity contribution is -0.167. The summed E-state index contributed by atoms with van der Waals surface area (Å²) in [5.41, 5.74) is 0. The van der Waals surface area contributed by atoms with Gasteiger partial charge in [0.1, 0.15) is 13.2 Å². The molecule has 1 atom stereocenters. The maximum atomic E-state index is 12.9. The lowest BCUT2D eigenvalue weighted by atomic mass is 10.0. The summed E-state index contributed by atoms with van der Waals surface area (Å²) < 4.78 is 16.9. The van der Waals surface area contributed by atoms with E-state index in [2.05, 4.69) is 142 Å². The first-order chi connectivity index (χ1) is 39.5. The number of esters is 3. The van der Waals surface area contributed by atoms with Gasteiger partial charge in [-0.25, -0.2) is 0 Å². The molecule has 0 aliphatic heterocycles. The van der Waals surface area contributed by atoms with Crippen molar-refractivity contribution >= 4 is 17.9 Å². The van der Waals surface area contributed by atoms with E-state index in [-0.39, 0.29) is 31.1 Å². The number of unbranched alkanes of at least 4 members (excludes halogenated alkanes) is 29. The minimum atomic E-state index is -0.793. The first kappa shape index (κ1) is 75.8. The molecule has 0 saturated carbocycles. The van der Waals surface area contributed by atoms with E-state index >= 15 is 0 Å². The fraction of sp³-hybridized carbons (Fsp3) is 0.689. The van der Waals surface area contributed by atoms with Gasteiger partial charge in [-0.3, -0.25) is 14.4 Å². The lowest BCUT2D eigenvalue weighted by Crippen LogP contribution is -2.30. The average Bonchev–Trinajstić information content (AvgIpc) is 3.46. The van der Waals surface area contributed by atoms with Crippen LogP contribution in [0.2, 0.25) is 0 Å². The fourth-order valence-corrected chi connectivity index (χ4v) is 9.20. The van der Waals surface area contributed by atoms with E-state index < -0.39 is 6.10 Å². The van der Waals surface area contributed by atoms with Gasteiger partial charge in [0, 0.05) is 19.3 Å². The molecular weight excluding hydrogens is 985 g/mol. The fourth-order valence-electron chi connectivity index (χ4n) is 9.20. The zero-order valence-corrected chi connectivity index (χ0v) is 52.3. The van der Waals surface area contributed by atoms with Crippen LogP contribution in [0, 0.1) is 0 Å². The second-order valence-corrected chi connectivity index (χ2v) is 22.0. The molecule has 0 aromatic carbocycles. The van der Waals surface area contributed by atoms with Gasteiger partial charge in [0.25, 0.3) is 0 Å². The number of carbonyl (C=O) groups excluding carboxylic acids is 3. The highest BCUT2D eigenvalue weighted by molar-refractivity contribution is 5.71. The predicted octanol–water partition coefficient (Wildman–Crippen LogP) is 23.2. The topological polar surface area (TPSA) is 78.9 Å². The second-order valence-electron chi connectivity index (χ2n) is 22.0. The molecule has 6 nitrogen and oxygen atoms in total. The Balaban J connectivity index is 4.37. The molecule has 0 radical (unpaired) electrons. The smallest absolute Gasteiger partial charge is 0.306 e. The standard InChI is InChI=1S/C74H124O6/c1-4-7-10-13-16-19-22-25-27-29-31-33-35-36-37-38-40-41-43-45-47-49-52-55-58-61-64-67-73(76)79-70-71(69-78-72(75)66-63-60-57-54-51-24-21-18-15-12-9-6-3)80-74(77)68-65-62-59-56-53-50-48-46-44-42-39-34-32-30-28-26-23-20-17-14-11-8-5-2/h7,10,16,19,23,25-27,30-33,36-37,39-42,45,47,71H,4-6,8-9,11-15,17-18,20-22,24,28-29,34-35,38,43-44,46,48-70H2,1-3H3/b10-7-,19-16-,26-23-,27-25-,32-30-,33-31-,37-36-,41-40-,42-39-,47-45-. The Morgan fingerprint density at radius 1 is 0.263 bits per heavy atom. The summed E-state index contributed by atoms with van der Waals surface area (Å²) in [6.45, 7) is 6.51. The first-order valence-corrected chi connectivity index (χ1v) is 33.5. The Kier molecular flexibility index (Phi) is 63.8. The minimum Gasteiger partial charge on any atom is -0.462 e. The van der Waals surface area contributed by atoms with Gasteiger partial charge in [-0.2, -0.15) is 0 Å². The SMILES string of the molecule is CC/C=C\C/C=C\C/C=C\C/C=C\C/C=C\C/C=C\C/C=C\CCCCCCCC(=O)OCC(COC(=O)CCCCCCCCCCCCCC)OC(=O)CCCCCCCCCC/C=C\C/C=C\C/C=C\CCCCCCC. The Hall–Kier alpha value is -4.19. The van der Waals surface area contributed by atoms with Crippen molar-refractivity contribution in [2.75, 3.05) is 13.2 Å². The highest BCUT2D eigenvalue weighted by Crippen LogP contribution is 2.16. The summed E-state index contributed by atoms with van der Waals surface area (Å²) in [7, 11) is 0. The summed E-state index contributed by atoms with van der Waals surface area (Å²) >= 11 is 0. The van der Waals surface area contributed by atoms with Gasteiger partial charge in [0.05, 0.1) is 0 Å². The highest BCUT2D eigenvalue weighted by atomic mass is 16.6. The van der Waals surface area contributed by atoms with Gasteiger partial charge < -0.3 is 14.2 Å². The Bertz CT molecular complexity index is 1650. The Labute approximate surface area is 494 Å². The van der Waals surface area contributed by atoms with Gasteiger partial charge in [0.15, 0.2) is 6.10 Å². The molecule has 0 aliphatic carbocycles. The molecule has 0 rings (SSSR count). The third-order valence-corrected chi connectivity index (χ3v) is 14.2. The number of allylic oxidation sites excluding steroid dienone is 20. The number of hydrogen-bond acceptors (Lipinski definition) is 6. The molecule has 0 bridgehead atoms. The van der Waals surface area contributed by atoms with E-state index in [0.717, 1.165) is 141 Å². The molecule has 1 unspecified atom stereocenters. The summed E-state index contributed by atoms with van der Waals surface area (Å²) in [5.74, 6) is -0.907. The van der Waals surface area contributed by atoms with Crippen molar-refractivity contribution in [3.8, 4) is 0 Å². The molecule has 0 spiro atoms. The number of ether oxygens (including phenoxy) is 3. The second kappa shape index (κ2) is 67.3. The maximum Gasteiger partial charge on any atom is 0.306 e. The van der Waals surface area contributed by atoms with Crippen molar-refractivity contribution in [3.05, 3.63) is 122 Å². The van der Waals surface area contributed by atoms with Gasteiger partial charge in [0.2, 0.25) is 0 Å². The van der Waals surface area contributed by atoms with Crippen LogP contribution in [0.3, 0.4) is 0 Å². The maximum absolute atomic E-state index is 12.9. The van der Waals surface area contributed by atoms with Crippen molar-refractivity contribution in [1.29, 1.82) is 0 Å². The zero-order chi connectivity index (χ0) is 57.8. The molecule has 0 aromatic rings. The van der Waals surface area contributed by atoms with E-state index in [4.69, 9.17) is 14.2 Å². The molecule has 0 N–H and O–H groups in total. The van der Waals surface area contributed by atoms with Gasteiger partial charge >= 0.3 is 17.9 Å². The third kappa shape index (κ3) is 64.6. The van der Waals surface area contributed by atoms with Crippen molar-refractivity contribution in [1.82, 2.24) is 0 Å². The Morgan fingerprint density at radius 2 is 0.487 bits per heavy atom. The largest absolute Gasteiger partial charge is 0.462 e. The van der Waals surface area contributed by atoms with Crippen LogP contribution >= 0.6 is 0 Å². The van der Waals surface area contributed by atoms with Crippen molar-refractivity contribution in [3.63, 3.8) is 0 Å². The molecular formula is C74H124O6. The van der Waals surface area contributed by atoms with Crippen LogP contribution < -0.4 is 0 Å². The van der Waals surface area contributed by atoms with E-state index in [1.54, 1.807) is 0 Å². The predicted molar refractivity (Wildman–Crippen MR) is 348 cm³/mol. The van der Waals surface area contributed by atoms with E-state index in [0.29, 0.717) is 19.3 Å². The van der Waals surface area contributed by atoms with Gasteiger partial charge in [-0.1, -0.05) is 296 Å². The van der Waals surface area contributed by atoms with Crippen LogP contribution in [0.15, 0.2) is 122 Å². The van der Waals surface area contributed by atoms with Crippen LogP contribution in [-0.2, 0) is 28.6 Å². The van der Waals surface area contributed by atoms with Crippen LogP contribution in [0.25, 0.3) is 0 Å². The molecule has 456 valence electrons. The van der Waals surface area contributed by atoms with E-state index in [9.17, 15) is 14.4 Å². The molecule has 0 heterocycles. The van der Waals surface area contributed by atoms with Crippen LogP contribution in [0.4, 0.5) is 0 Å². The van der Waals surface area contributed by atoms with Crippen molar-refractivity contribution < 1.29 is 28.6 Å². The number of hydrogen-bond donors (Lipinski definition) is 0. The molecule has 6 heteroatoms. The zero-order valence-electron chi connectivity index (χ0n) is 52.3. The van der Waals surface area contributed by atoms with Crippen molar-refractivity contribution in [2.45, 2.75) is 316 Å². The highest BCUT2D eigenvalue weighted by Gasteiger charge is 2.19. The molecule has 0 aromatic heterocycles. The molecule has 0 aliphatic rings. The summed E-state index contributed by atoms with van der Waals surface area (Å²) in [4.78, 5) is 38.4. The van der Waals surface area contributed by atoms with Crippen LogP contribution in [0.5, 0.6) is 0 Å². The number of carbonyl (C=O) groups is 3. The monoisotopic (exact) mass is 1110 g/mol. The molecule has 0 fully saturated rings. The van der Waals surface area contributed by atoms with Crippen molar-refractivity contribution in [2.24, 2.45) is 0 Å². The van der Waals surface area contributed by atoms with Gasteiger partial charge in [-0.15, -0.1) is 0 Å². The Morgan fingerprint density at radius 3 is 0.762 bits per heavy atom. The molecule has 0 saturated heterocycles. The lowest BCUT2D eigenvalue weighted by Gasteiger charge is -2.18. The van der Waals surface area contributed by atoms with Crippen LogP contribution in [0.1, 0.15) is 310 Å². The van der Waals surface area contributed by atoms with E-state index in [1.807, 2.05) is 0 Å². The summed E-state index contributed by atoms with van der Waals surface area (Å²) in [6, 6.07) is 0. The third-order valence-electron chi connectivity index (χ3n) is 14.2. The average molecular weight is 1110 g/mol.